The van der Waals surface area contributed by atoms with Crippen LogP contribution in [0.5, 0.6) is 34.9 Å². The normalized spacial score (nSPS) is 10.9. The highest BCUT2D eigenvalue weighted by molar-refractivity contribution is 6.42. The third-order valence-electron chi connectivity index (χ3n) is 23.7. The highest BCUT2D eigenvalue weighted by atomic mass is 35.5. The van der Waals surface area contributed by atoms with E-state index < -0.39 is 0 Å². The van der Waals surface area contributed by atoms with Crippen LogP contribution in [0.15, 0.2) is 244 Å². The number of aryl methyl sites for hydroxylation is 8. The lowest BCUT2D eigenvalue weighted by molar-refractivity contribution is 0.101. The molecule has 0 atom stereocenters. The smallest absolute Gasteiger partial charge is 0.258 e. The maximum atomic E-state index is 12.8. The molecule has 0 aliphatic rings. The Balaban J connectivity index is 0.000000134. The van der Waals surface area contributed by atoms with Gasteiger partial charge in [0.1, 0.15) is 58.8 Å². The molecule has 0 spiro atoms. The fourth-order valence-electron chi connectivity index (χ4n) is 16.2. The lowest BCUT2D eigenvalue weighted by Crippen LogP contribution is -2.13. The summed E-state index contributed by atoms with van der Waals surface area (Å²) in [5.41, 5.74) is 18.8. The number of fused-ring (bicyclic) bond motifs is 5. The number of aromatic nitrogens is 19. The summed E-state index contributed by atoms with van der Waals surface area (Å²) in [5, 5.41) is 24.7. The topological polar surface area (TPSA) is 419 Å². The highest BCUT2D eigenvalue weighted by Gasteiger charge is 2.28. The first kappa shape index (κ1) is 106. The van der Waals surface area contributed by atoms with E-state index in [9.17, 15) is 24.0 Å². The van der Waals surface area contributed by atoms with E-state index in [1.54, 1.807) is 133 Å². The van der Waals surface area contributed by atoms with Gasteiger partial charge in [-0.3, -0.25) is 29.0 Å². The zero-order chi connectivity index (χ0) is 106. The Morgan fingerprint density at radius 1 is 0.327 bits per heavy atom. The van der Waals surface area contributed by atoms with Gasteiger partial charge >= 0.3 is 0 Å². The molecule has 0 aliphatic carbocycles. The average Bonchev–Trinajstić information content (AvgIpc) is 1.57. The van der Waals surface area contributed by atoms with Crippen LogP contribution in [0.2, 0.25) is 30.1 Å². The number of nitrogens with one attached hydrogen (secondary N) is 5. The molecular weight excluding hydrogens is 2040 g/mol. The van der Waals surface area contributed by atoms with Gasteiger partial charge in [-0.05, 0) is 163 Å². The van der Waals surface area contributed by atoms with Gasteiger partial charge < -0.3 is 77.7 Å². The average molecular weight is 2130 g/mol. The number of nitrogens with zero attached hydrogens (tertiary/aromatic N) is 19. The summed E-state index contributed by atoms with van der Waals surface area (Å²) in [6.45, 7) is 17.7. The van der Waals surface area contributed by atoms with Gasteiger partial charge in [-0.2, -0.15) is 5.10 Å². The molecule has 0 saturated carbocycles. The van der Waals surface area contributed by atoms with Gasteiger partial charge in [0, 0.05) is 141 Å². The molecule has 150 heavy (non-hydrogen) atoms. The maximum Gasteiger partial charge on any atom is 0.258 e. The lowest BCUT2D eigenvalue weighted by Gasteiger charge is -2.12. The van der Waals surface area contributed by atoms with Crippen molar-refractivity contribution in [3.05, 3.63) is 370 Å². The molecule has 5 amide bonds. The first-order valence-corrected chi connectivity index (χ1v) is 48.4. The Morgan fingerprint density at radius 2 is 0.647 bits per heavy atom. The van der Waals surface area contributed by atoms with Crippen LogP contribution in [-0.4, -0.2) is 165 Å². The van der Waals surface area contributed by atoms with Crippen molar-refractivity contribution in [3.8, 4) is 34.9 Å². The van der Waals surface area contributed by atoms with Crippen molar-refractivity contribution in [3.63, 3.8) is 0 Å². The third-order valence-corrected chi connectivity index (χ3v) is 25.9. The number of rotatable bonds is 26. The van der Waals surface area contributed by atoms with E-state index in [1.807, 2.05) is 171 Å². The van der Waals surface area contributed by atoms with E-state index in [4.69, 9.17) is 102 Å². The van der Waals surface area contributed by atoms with Crippen molar-refractivity contribution in [1.29, 1.82) is 0 Å². The molecule has 5 N–H and O–H groups in total. The molecule has 20 rings (SSSR count). The van der Waals surface area contributed by atoms with Gasteiger partial charge in [0.25, 0.3) is 29.5 Å². The number of hydrogen-bond acceptors (Lipinski definition) is 26. The van der Waals surface area contributed by atoms with Crippen molar-refractivity contribution < 1.29 is 56.8 Å². The van der Waals surface area contributed by atoms with Crippen molar-refractivity contribution >= 4 is 183 Å². The van der Waals surface area contributed by atoms with Crippen LogP contribution in [0.4, 0.5) is 28.4 Å². The van der Waals surface area contributed by atoms with Crippen molar-refractivity contribution in [2.75, 3.05) is 69.2 Å². The molecule has 762 valence electrons. The Morgan fingerprint density at radius 3 is 0.960 bits per heavy atom. The standard InChI is InChI=1S/C23H22ClN5O3.C22H20ClN5O3.C22H20ClN5O2.C21H17Cl2N5O2.C20H17ClN4O2/c1-13-5-7-15(8-6-13)27-23(30)16-11-26-22-19(20(16)24)14(2)28-29(22)12-17-21(32-4)18(31-3)9-10-25-17;1-13-10-28(11-15-8-18(31-3)26-12-25-15)21-19(13)20(23)17(9-24-21)22(29)27-14-4-6-16(30-2)7-5-14;1-13-4-6-15(7-5-13)27-22(29)17-9-24-21-19(20(17)23)14(2)10-28(21)11-16-8-18(30-3)26-12-25-16;1-12-9-28(10-15-7-17(30-2)26-11-25-15)20-18(12)19(23)16(8-24-20)21(29)27-14-5-3-13(22)4-6-14;1-12-3-5-14(6-4-12)24-20(26)16-8-23-19-17(18(16)21)13(2)9-25(19)10-15-7-22-11-27-15/h5-11H,12H2,1-4H3,(H,27,30);4-10,12H,11H2,1-3H3,(H,27,29);4-10,12H,11H2,1-3H3,(H,27,29);3-9,11H,10H2,1-2H3,(H,27,29);3-9,11H,10H2,1-2H3,(H,24,26). The highest BCUT2D eigenvalue weighted by Crippen LogP contribution is 2.39. The second kappa shape index (κ2) is 47.6. The molecule has 0 aliphatic heterocycles. The number of benzene rings is 5. The third kappa shape index (κ3) is 24.4. The van der Waals surface area contributed by atoms with Crippen LogP contribution in [0.1, 0.15) is 125 Å². The van der Waals surface area contributed by atoms with Gasteiger partial charge in [0.05, 0.1) is 163 Å². The number of carbonyl (C=O) groups excluding carboxylic acids is 5. The second-order valence-corrected chi connectivity index (χ2v) is 36.5. The van der Waals surface area contributed by atoms with E-state index in [-0.39, 0.29) is 35.1 Å². The van der Waals surface area contributed by atoms with Crippen LogP contribution in [0.25, 0.3) is 55.2 Å². The molecule has 0 fully saturated rings. The van der Waals surface area contributed by atoms with Crippen molar-refractivity contribution in [1.82, 2.24) is 92.8 Å². The van der Waals surface area contributed by atoms with E-state index in [1.165, 1.54) is 56.4 Å². The first-order valence-electron chi connectivity index (χ1n) is 46.1. The number of hydrogen-bond donors (Lipinski definition) is 5. The summed E-state index contributed by atoms with van der Waals surface area (Å²) in [6.07, 6.45) is 24.2. The van der Waals surface area contributed by atoms with E-state index in [2.05, 4.69) is 96.5 Å². The Labute approximate surface area is 888 Å². The van der Waals surface area contributed by atoms with Gasteiger partial charge in [-0.25, -0.2) is 64.5 Å². The number of carbonyl (C=O) groups is 5. The summed E-state index contributed by atoms with van der Waals surface area (Å²) in [6, 6.07) is 43.6. The van der Waals surface area contributed by atoms with Crippen LogP contribution in [0, 0.1) is 55.4 Å². The van der Waals surface area contributed by atoms with Crippen LogP contribution < -0.4 is 55.0 Å². The number of methoxy groups -OCH3 is 6. The van der Waals surface area contributed by atoms with Gasteiger partial charge in [0.2, 0.25) is 17.6 Å². The van der Waals surface area contributed by atoms with E-state index in [0.29, 0.717) is 199 Å². The lowest BCUT2D eigenvalue weighted by atomic mass is 10.1. The summed E-state index contributed by atoms with van der Waals surface area (Å²) in [7, 11) is 9.39. The van der Waals surface area contributed by atoms with Crippen LogP contribution in [0.3, 0.4) is 0 Å². The Hall–Kier alpha value is -17.0. The molecule has 5 aromatic carbocycles. The van der Waals surface area contributed by atoms with Gasteiger partial charge in [0.15, 0.2) is 23.5 Å². The minimum Gasteiger partial charge on any atom is -0.497 e. The fourth-order valence-corrected chi connectivity index (χ4v) is 18.2. The molecular formula is C108H96Cl6N24O12. The fraction of sp³-hybridized carbons (Fsp3) is 0.176. The monoisotopic (exact) mass is 2130 g/mol. The summed E-state index contributed by atoms with van der Waals surface area (Å²) in [4.78, 5) is 120. The largest absolute Gasteiger partial charge is 0.497 e. The second-order valence-electron chi connectivity index (χ2n) is 34.1. The Kier molecular flexibility index (Phi) is 33.6. The predicted molar refractivity (Wildman–Crippen MR) is 578 cm³/mol. The molecule has 0 bridgehead atoms. The van der Waals surface area contributed by atoms with Gasteiger partial charge in [-0.15, -0.1) is 0 Å². The summed E-state index contributed by atoms with van der Waals surface area (Å²) in [5.74, 6) is 2.38. The molecule has 36 nitrogen and oxygen atoms in total. The number of halogens is 6. The number of amides is 5. The molecule has 15 heterocycles. The number of ether oxygens (including phenoxy) is 6. The molecule has 42 heteroatoms. The zero-order valence-corrected chi connectivity index (χ0v) is 87.8. The minimum atomic E-state index is -0.343. The van der Waals surface area contributed by atoms with E-state index in [0.717, 1.165) is 77.6 Å². The maximum absolute atomic E-state index is 12.8. The summed E-state index contributed by atoms with van der Waals surface area (Å²) >= 11 is 39.0. The van der Waals surface area contributed by atoms with Crippen LogP contribution in [-0.2, 0) is 32.7 Å². The molecule has 0 radical (unpaired) electrons. The van der Waals surface area contributed by atoms with E-state index >= 15 is 0 Å². The van der Waals surface area contributed by atoms with Gasteiger partial charge in [-0.1, -0.05) is 123 Å². The molecule has 20 aromatic rings. The number of pyridine rings is 6. The van der Waals surface area contributed by atoms with Crippen LogP contribution >= 0.6 is 69.6 Å². The molecule has 0 unspecified atom stereocenters. The first-order chi connectivity index (χ1) is 72.4. The van der Waals surface area contributed by atoms with Crippen molar-refractivity contribution in [2.24, 2.45) is 0 Å². The minimum absolute atomic E-state index is 0.277. The number of oxazole rings is 1. The van der Waals surface area contributed by atoms with Crippen molar-refractivity contribution in [2.45, 2.75) is 88.1 Å². The molecule has 15 aromatic heterocycles. The number of anilines is 5. The summed E-state index contributed by atoms with van der Waals surface area (Å²) < 4.78 is 46.2. The molecule has 0 saturated heterocycles. The quantitative estimate of drug-likeness (QED) is 0.0336. The predicted octanol–water partition coefficient (Wildman–Crippen LogP) is 22.3. The zero-order valence-electron chi connectivity index (χ0n) is 83.2. The SMILES string of the molecule is COc1cc(Cn2cc(C)c3c(Cl)c(C(=O)Nc4ccc(C)cc4)cnc32)ncn1.COc1cc(Cn2cc(C)c3c(Cl)c(C(=O)Nc4ccc(Cl)cc4)cnc32)ncn1.COc1ccc(NC(=O)c2cnc3c(c(C)cn3Cc3cc(OC)ncn3)c2Cl)cc1.COc1ccnc(Cn2nc(C)c3c(Cl)c(C(=O)Nc4ccc(C)cc4)cnc32)c1OC.Cc1ccc(NC(=O)c2cnc3c(c(C)cn3Cc3cnco3)c2Cl)cc1. The Bertz CT molecular complexity index is 8210.